The fourth-order valence-corrected chi connectivity index (χ4v) is 5.09. The van der Waals surface area contributed by atoms with Gasteiger partial charge in [0.05, 0.1) is 19.9 Å². The van der Waals surface area contributed by atoms with Crippen LogP contribution in [0.4, 0.5) is 10.8 Å². The van der Waals surface area contributed by atoms with Gasteiger partial charge in [0.2, 0.25) is 5.13 Å². The Labute approximate surface area is 183 Å². The topological polar surface area (TPSA) is 51.5 Å². The van der Waals surface area contributed by atoms with Crippen molar-refractivity contribution < 1.29 is 9.47 Å². The van der Waals surface area contributed by atoms with Gasteiger partial charge in [-0.3, -0.25) is 4.90 Å². The number of benzene rings is 1. The third-order valence-corrected chi connectivity index (χ3v) is 6.79. The van der Waals surface area contributed by atoms with E-state index in [2.05, 4.69) is 27.7 Å². The highest BCUT2D eigenvalue weighted by Gasteiger charge is 2.20. The summed E-state index contributed by atoms with van der Waals surface area (Å²) in [5, 5.41) is 10.9. The Balaban J connectivity index is 1.47. The maximum Gasteiger partial charge on any atom is 0.209 e. The Hall–Kier alpha value is -1.78. The summed E-state index contributed by atoms with van der Waals surface area (Å²) in [5.41, 5.74) is 0.926. The van der Waals surface area contributed by atoms with Crippen LogP contribution in [0.5, 0.6) is 5.75 Å². The van der Waals surface area contributed by atoms with Crippen molar-refractivity contribution in [1.29, 1.82) is 0 Å². The van der Waals surface area contributed by atoms with Crippen LogP contribution < -0.4 is 10.1 Å². The second kappa shape index (κ2) is 9.82. The maximum atomic E-state index is 5.86. The molecule has 1 N–H and O–H groups in total. The number of anilines is 2. The minimum atomic E-state index is 0.289. The van der Waals surface area contributed by atoms with Crippen LogP contribution in [0, 0.1) is 3.95 Å². The van der Waals surface area contributed by atoms with Crippen LogP contribution in [0.1, 0.15) is 17.7 Å². The van der Waals surface area contributed by atoms with Crippen molar-refractivity contribution in [3.05, 3.63) is 50.6 Å². The minimum Gasteiger partial charge on any atom is -0.497 e. The number of nitrogens with zero attached hydrogens (tertiary/aromatic N) is 3. The summed E-state index contributed by atoms with van der Waals surface area (Å²) in [4.78, 5) is 3.70. The molecule has 1 unspecified atom stereocenters. The van der Waals surface area contributed by atoms with Crippen molar-refractivity contribution in [3.8, 4) is 5.75 Å². The van der Waals surface area contributed by atoms with E-state index in [0.29, 0.717) is 6.67 Å². The standard InChI is InChI=1S/C20H24N4O2S3/c1-25-16-6-2-5-15(11-16)21-19-22-24(20(27)29-19)14-23(12-17-7-3-9-26-17)13-18-8-4-10-28-18/h2,4-6,8,10-11,17H,3,7,9,12-14H2,1H3,(H,21,22). The lowest BCUT2D eigenvalue weighted by Crippen LogP contribution is -2.33. The van der Waals surface area contributed by atoms with Gasteiger partial charge in [-0.1, -0.05) is 23.5 Å². The maximum absolute atomic E-state index is 5.86. The highest BCUT2D eigenvalue weighted by molar-refractivity contribution is 7.73. The lowest BCUT2D eigenvalue weighted by molar-refractivity contribution is 0.0573. The predicted molar refractivity (Wildman–Crippen MR) is 121 cm³/mol. The zero-order valence-electron chi connectivity index (χ0n) is 16.2. The molecule has 1 aliphatic rings. The molecule has 0 saturated carbocycles. The molecule has 3 aromatic rings. The summed E-state index contributed by atoms with van der Waals surface area (Å²) < 4.78 is 13.8. The number of hydrogen-bond acceptors (Lipinski definition) is 8. The SMILES string of the molecule is COc1cccc(Nc2nn(CN(Cc3cccs3)CC3CCCO3)c(=S)s2)c1. The van der Waals surface area contributed by atoms with Gasteiger partial charge in [-0.15, -0.1) is 16.4 Å². The van der Waals surface area contributed by atoms with Crippen LogP contribution in [0.2, 0.25) is 0 Å². The number of nitrogens with one attached hydrogen (secondary N) is 1. The summed E-state index contributed by atoms with van der Waals surface area (Å²) in [5.74, 6) is 0.803. The molecule has 1 aromatic carbocycles. The van der Waals surface area contributed by atoms with Crippen molar-refractivity contribution >= 4 is 45.7 Å². The van der Waals surface area contributed by atoms with Crippen LogP contribution in [0.25, 0.3) is 0 Å². The van der Waals surface area contributed by atoms with E-state index < -0.39 is 0 Å². The first-order valence-electron chi connectivity index (χ1n) is 9.55. The zero-order chi connectivity index (χ0) is 20.1. The van der Waals surface area contributed by atoms with Crippen molar-refractivity contribution in [2.75, 3.05) is 25.6 Å². The molecule has 0 aliphatic carbocycles. The Bertz CT molecular complexity index is 964. The zero-order valence-corrected chi connectivity index (χ0v) is 18.7. The van der Waals surface area contributed by atoms with Gasteiger partial charge in [0, 0.05) is 36.3 Å². The average Bonchev–Trinajstić information content (AvgIpc) is 3.47. The highest BCUT2D eigenvalue weighted by atomic mass is 32.1. The lowest BCUT2D eigenvalue weighted by atomic mass is 10.2. The molecule has 154 valence electrons. The minimum absolute atomic E-state index is 0.289. The molecule has 1 atom stereocenters. The highest BCUT2D eigenvalue weighted by Crippen LogP contribution is 2.24. The van der Waals surface area contributed by atoms with Gasteiger partial charge in [-0.25, -0.2) is 4.68 Å². The number of hydrogen-bond donors (Lipinski definition) is 1. The van der Waals surface area contributed by atoms with Gasteiger partial charge in [-0.2, -0.15) is 0 Å². The first-order chi connectivity index (χ1) is 14.2. The normalized spacial score (nSPS) is 16.4. The summed E-state index contributed by atoms with van der Waals surface area (Å²) in [6.45, 7) is 3.26. The van der Waals surface area contributed by atoms with Crippen LogP contribution >= 0.6 is 34.9 Å². The molecular weight excluding hydrogens is 424 g/mol. The molecule has 1 aliphatic heterocycles. The Morgan fingerprint density at radius 2 is 2.31 bits per heavy atom. The number of rotatable bonds is 9. The molecule has 1 saturated heterocycles. The molecule has 9 heteroatoms. The first-order valence-corrected chi connectivity index (χ1v) is 11.7. The van der Waals surface area contributed by atoms with Gasteiger partial charge in [0.1, 0.15) is 5.75 Å². The molecule has 2 aromatic heterocycles. The van der Waals surface area contributed by atoms with Gasteiger partial charge >= 0.3 is 0 Å². The molecular formula is C20H24N4O2S3. The van der Waals surface area contributed by atoms with Crippen molar-refractivity contribution in [3.63, 3.8) is 0 Å². The van der Waals surface area contributed by atoms with E-state index in [9.17, 15) is 0 Å². The fourth-order valence-electron chi connectivity index (χ4n) is 3.33. The predicted octanol–water partition coefficient (Wildman–Crippen LogP) is 5.13. The average molecular weight is 449 g/mol. The van der Waals surface area contributed by atoms with Crippen molar-refractivity contribution in [1.82, 2.24) is 14.7 Å². The molecule has 0 bridgehead atoms. The van der Waals surface area contributed by atoms with E-state index in [1.54, 1.807) is 18.4 Å². The van der Waals surface area contributed by atoms with Crippen LogP contribution in [0.3, 0.4) is 0 Å². The largest absolute Gasteiger partial charge is 0.497 e. The molecule has 29 heavy (non-hydrogen) atoms. The van der Waals surface area contributed by atoms with Gasteiger partial charge < -0.3 is 14.8 Å². The Morgan fingerprint density at radius 3 is 3.07 bits per heavy atom. The van der Waals surface area contributed by atoms with Gasteiger partial charge in [0.15, 0.2) is 3.95 Å². The van der Waals surface area contributed by atoms with Crippen LogP contribution in [-0.2, 0) is 18.0 Å². The van der Waals surface area contributed by atoms with E-state index >= 15 is 0 Å². The summed E-state index contributed by atoms with van der Waals surface area (Å²) in [6.07, 6.45) is 2.55. The Morgan fingerprint density at radius 1 is 1.38 bits per heavy atom. The molecule has 1 fully saturated rings. The number of methoxy groups -OCH3 is 1. The van der Waals surface area contributed by atoms with E-state index in [-0.39, 0.29) is 6.10 Å². The van der Waals surface area contributed by atoms with Crippen molar-refractivity contribution in [2.24, 2.45) is 0 Å². The van der Waals surface area contributed by atoms with E-state index in [1.165, 1.54) is 16.2 Å². The van der Waals surface area contributed by atoms with E-state index in [0.717, 1.165) is 53.1 Å². The molecule has 0 radical (unpaired) electrons. The van der Waals surface area contributed by atoms with Gasteiger partial charge in [-0.05, 0) is 48.6 Å². The lowest BCUT2D eigenvalue weighted by Gasteiger charge is -2.24. The number of aromatic nitrogens is 2. The van der Waals surface area contributed by atoms with Gasteiger partial charge in [0.25, 0.3) is 0 Å². The molecule has 6 nitrogen and oxygen atoms in total. The van der Waals surface area contributed by atoms with E-state index in [1.807, 2.05) is 28.9 Å². The van der Waals surface area contributed by atoms with Crippen LogP contribution in [0.15, 0.2) is 41.8 Å². The second-order valence-corrected chi connectivity index (χ2v) is 9.55. The summed E-state index contributed by atoms with van der Waals surface area (Å²) in [6, 6.07) is 12.0. The smallest absolute Gasteiger partial charge is 0.209 e. The van der Waals surface area contributed by atoms with E-state index in [4.69, 9.17) is 26.8 Å². The summed E-state index contributed by atoms with van der Waals surface area (Å²) >= 11 is 8.84. The quantitative estimate of drug-likeness (QED) is 0.458. The third-order valence-electron chi connectivity index (χ3n) is 4.71. The van der Waals surface area contributed by atoms with Crippen molar-refractivity contribution in [2.45, 2.75) is 32.2 Å². The Kier molecular flexibility index (Phi) is 6.94. The molecule has 4 rings (SSSR count). The third kappa shape index (κ3) is 5.64. The first kappa shape index (κ1) is 20.5. The number of ether oxygens (including phenoxy) is 2. The molecule has 0 spiro atoms. The number of thiophene rings is 1. The summed E-state index contributed by atoms with van der Waals surface area (Å²) in [7, 11) is 1.66. The molecule has 0 amide bonds. The monoisotopic (exact) mass is 448 g/mol. The molecule has 3 heterocycles. The second-order valence-electron chi connectivity index (χ2n) is 6.90. The fraction of sp³-hybridized carbons (Fsp3) is 0.400. The van der Waals surface area contributed by atoms with Crippen LogP contribution in [-0.4, -0.2) is 41.0 Å².